The number of fused-ring (bicyclic) bond motifs is 5. The molecule has 4 atom stereocenters. The van der Waals surface area contributed by atoms with Crippen molar-refractivity contribution in [3.63, 3.8) is 0 Å². The highest BCUT2D eigenvalue weighted by atomic mass is 32.2. The second kappa shape index (κ2) is 4.18. The van der Waals surface area contributed by atoms with Crippen molar-refractivity contribution in [3.05, 3.63) is 30.3 Å². The molecular formula is C14H12O5S2. The van der Waals surface area contributed by atoms with Crippen LogP contribution in [0.1, 0.15) is 12.8 Å². The number of carbonyl (C=O) groups excluding carboxylic acids is 2. The van der Waals surface area contributed by atoms with E-state index in [2.05, 4.69) is 0 Å². The van der Waals surface area contributed by atoms with Crippen molar-refractivity contribution in [2.24, 2.45) is 5.92 Å². The van der Waals surface area contributed by atoms with E-state index in [0.717, 1.165) is 0 Å². The molecule has 0 N–H and O–H groups in total. The molecular weight excluding hydrogens is 312 g/mol. The summed E-state index contributed by atoms with van der Waals surface area (Å²) in [4.78, 5) is 24.7. The number of sulfone groups is 1. The third kappa shape index (κ3) is 1.44. The molecule has 3 heterocycles. The maximum atomic E-state index is 13.1. The maximum Gasteiger partial charge on any atom is 0.221 e. The van der Waals surface area contributed by atoms with Crippen LogP contribution >= 0.6 is 11.8 Å². The molecule has 4 rings (SSSR count). The zero-order valence-corrected chi connectivity index (χ0v) is 12.5. The number of hydrogen-bond acceptors (Lipinski definition) is 6. The van der Waals surface area contributed by atoms with Crippen LogP contribution in [0.3, 0.4) is 0 Å². The summed E-state index contributed by atoms with van der Waals surface area (Å²) in [5.74, 6) is -0.862. The topological polar surface area (TPSA) is 77.5 Å². The zero-order valence-electron chi connectivity index (χ0n) is 10.9. The van der Waals surface area contributed by atoms with Gasteiger partial charge in [-0.05, 0) is 36.7 Å². The highest BCUT2D eigenvalue weighted by Gasteiger charge is 2.76. The van der Waals surface area contributed by atoms with Crippen LogP contribution in [0.5, 0.6) is 0 Å². The van der Waals surface area contributed by atoms with E-state index in [4.69, 9.17) is 4.74 Å². The molecule has 110 valence electrons. The maximum absolute atomic E-state index is 13.1. The number of hydrogen-bond donors (Lipinski definition) is 0. The minimum atomic E-state index is -3.97. The second-order valence-electron chi connectivity index (χ2n) is 5.54. The van der Waals surface area contributed by atoms with E-state index in [9.17, 15) is 18.0 Å². The Hall–Kier alpha value is -1.18. The van der Waals surface area contributed by atoms with Gasteiger partial charge in [-0.2, -0.15) is 0 Å². The standard InChI is InChI=1S/C14H12O5S2/c15-12-11-9-6-7-10(19-9)14(11,13(16)20-12)21(17,18)8-4-2-1-3-5-8/h1-5,9-11H,6-7H2/t9-,10+,11+,14-/m0/s1. The Kier molecular flexibility index (Phi) is 2.68. The summed E-state index contributed by atoms with van der Waals surface area (Å²) >= 11 is 0.543. The Morgan fingerprint density at radius 3 is 2.57 bits per heavy atom. The van der Waals surface area contributed by atoms with Crippen molar-refractivity contribution in [2.75, 3.05) is 0 Å². The molecule has 1 aromatic rings. The van der Waals surface area contributed by atoms with E-state index in [1.807, 2.05) is 0 Å². The normalized spacial score (nSPS) is 38.0. The number of benzene rings is 1. The average Bonchev–Trinajstić information content (AvgIpc) is 3.13. The van der Waals surface area contributed by atoms with Gasteiger partial charge in [0.05, 0.1) is 23.0 Å². The average molecular weight is 324 g/mol. The predicted molar refractivity (Wildman–Crippen MR) is 75.3 cm³/mol. The summed E-state index contributed by atoms with van der Waals surface area (Å²) < 4.78 is 30.2. The summed E-state index contributed by atoms with van der Waals surface area (Å²) in [5, 5.41) is -0.944. The van der Waals surface area contributed by atoms with E-state index in [0.29, 0.717) is 24.6 Å². The van der Waals surface area contributed by atoms with Crippen LogP contribution in [0, 0.1) is 5.92 Å². The highest BCUT2D eigenvalue weighted by Crippen LogP contribution is 2.59. The number of thioether (sulfide) groups is 1. The summed E-state index contributed by atoms with van der Waals surface area (Å²) in [7, 11) is -3.97. The molecule has 0 spiro atoms. The van der Waals surface area contributed by atoms with Gasteiger partial charge in [-0.15, -0.1) is 0 Å². The molecule has 0 aromatic heterocycles. The van der Waals surface area contributed by atoms with Gasteiger partial charge in [0.15, 0.2) is 14.6 Å². The monoisotopic (exact) mass is 324 g/mol. The first kappa shape index (κ1) is 13.5. The fourth-order valence-corrected chi connectivity index (χ4v) is 7.60. The van der Waals surface area contributed by atoms with Crippen molar-refractivity contribution in [1.29, 1.82) is 0 Å². The quantitative estimate of drug-likeness (QED) is 0.813. The molecule has 3 fully saturated rings. The lowest BCUT2D eigenvalue weighted by atomic mass is 9.80. The first-order chi connectivity index (χ1) is 9.99. The van der Waals surface area contributed by atoms with Gasteiger partial charge in [0.25, 0.3) is 0 Å². The summed E-state index contributed by atoms with van der Waals surface area (Å²) in [6.45, 7) is 0. The molecule has 3 saturated heterocycles. The van der Waals surface area contributed by atoms with Crippen LogP contribution in [0.15, 0.2) is 35.2 Å². The smallest absolute Gasteiger partial charge is 0.221 e. The van der Waals surface area contributed by atoms with E-state index >= 15 is 0 Å². The minimum absolute atomic E-state index is 0.0785. The van der Waals surface area contributed by atoms with Gasteiger partial charge in [0.1, 0.15) is 0 Å². The zero-order chi connectivity index (χ0) is 14.8. The largest absolute Gasteiger partial charge is 0.372 e. The third-order valence-corrected chi connectivity index (χ3v) is 8.22. The summed E-state index contributed by atoms with van der Waals surface area (Å²) in [6.07, 6.45) is -0.00238. The van der Waals surface area contributed by atoms with Gasteiger partial charge in [-0.3, -0.25) is 9.59 Å². The van der Waals surface area contributed by atoms with Crippen molar-refractivity contribution < 1.29 is 22.7 Å². The molecule has 0 unspecified atom stereocenters. The van der Waals surface area contributed by atoms with Crippen LogP contribution in [0.4, 0.5) is 0 Å². The van der Waals surface area contributed by atoms with Gasteiger partial charge in [0.2, 0.25) is 10.2 Å². The SMILES string of the molecule is O=C1SC(=O)[C@]2(S(=O)(=O)c3ccccc3)[C@H]3CC[C@H](O3)[C@H]12. The van der Waals surface area contributed by atoms with Crippen LogP contribution in [-0.2, 0) is 24.2 Å². The first-order valence-electron chi connectivity index (χ1n) is 6.71. The second-order valence-corrected chi connectivity index (χ2v) is 8.67. The summed E-state index contributed by atoms with van der Waals surface area (Å²) in [5.41, 5.74) is 0. The van der Waals surface area contributed by atoms with E-state index in [1.54, 1.807) is 18.2 Å². The molecule has 7 heteroatoms. The lowest BCUT2D eigenvalue weighted by Gasteiger charge is -2.32. The van der Waals surface area contributed by atoms with E-state index in [-0.39, 0.29) is 10.0 Å². The Morgan fingerprint density at radius 2 is 1.86 bits per heavy atom. The number of rotatable bonds is 2. The third-order valence-electron chi connectivity index (χ3n) is 4.63. The minimum Gasteiger partial charge on any atom is -0.372 e. The number of ether oxygens (including phenoxy) is 1. The fraction of sp³-hybridized carbons (Fsp3) is 0.429. The molecule has 1 aromatic carbocycles. The van der Waals surface area contributed by atoms with Gasteiger partial charge in [-0.1, -0.05) is 18.2 Å². The lowest BCUT2D eigenvalue weighted by molar-refractivity contribution is -0.118. The summed E-state index contributed by atoms with van der Waals surface area (Å²) in [6, 6.07) is 7.87. The molecule has 21 heavy (non-hydrogen) atoms. The lowest BCUT2D eigenvalue weighted by Crippen LogP contribution is -2.55. The van der Waals surface area contributed by atoms with Gasteiger partial charge < -0.3 is 4.74 Å². The molecule has 3 aliphatic heterocycles. The Labute approximate surface area is 126 Å². The predicted octanol–water partition coefficient (Wildman–Crippen LogP) is 1.18. The molecule has 0 amide bonds. The van der Waals surface area contributed by atoms with Crippen LogP contribution < -0.4 is 0 Å². The molecule has 2 bridgehead atoms. The van der Waals surface area contributed by atoms with Crippen molar-refractivity contribution >= 4 is 31.8 Å². The van der Waals surface area contributed by atoms with Crippen molar-refractivity contribution in [2.45, 2.75) is 34.7 Å². The van der Waals surface area contributed by atoms with Gasteiger partial charge in [0, 0.05) is 0 Å². The van der Waals surface area contributed by atoms with E-state index < -0.39 is 37.8 Å². The molecule has 0 aliphatic carbocycles. The Morgan fingerprint density at radius 1 is 1.14 bits per heavy atom. The van der Waals surface area contributed by atoms with E-state index in [1.165, 1.54) is 12.1 Å². The number of carbonyl (C=O) groups is 2. The van der Waals surface area contributed by atoms with Crippen LogP contribution in [-0.4, -0.2) is 35.6 Å². The molecule has 5 nitrogen and oxygen atoms in total. The highest BCUT2D eigenvalue weighted by molar-refractivity contribution is 8.28. The van der Waals surface area contributed by atoms with Crippen LogP contribution in [0.2, 0.25) is 0 Å². The van der Waals surface area contributed by atoms with Crippen LogP contribution in [0.25, 0.3) is 0 Å². The van der Waals surface area contributed by atoms with Crippen molar-refractivity contribution in [1.82, 2.24) is 0 Å². The fourth-order valence-electron chi connectivity index (χ4n) is 3.76. The van der Waals surface area contributed by atoms with Crippen molar-refractivity contribution in [3.8, 4) is 0 Å². The Bertz CT molecular complexity index is 742. The van der Waals surface area contributed by atoms with Gasteiger partial charge >= 0.3 is 0 Å². The molecule has 0 radical (unpaired) electrons. The Balaban J connectivity index is 1.97. The molecule has 3 aliphatic rings. The molecule has 0 saturated carbocycles. The first-order valence-corrected chi connectivity index (χ1v) is 9.01. The van der Waals surface area contributed by atoms with Gasteiger partial charge in [-0.25, -0.2) is 8.42 Å².